The number of methoxy groups -OCH3 is 1. The van der Waals surface area contributed by atoms with Crippen LogP contribution in [0.2, 0.25) is 0 Å². The van der Waals surface area contributed by atoms with Gasteiger partial charge in [0, 0.05) is 24.1 Å². The van der Waals surface area contributed by atoms with Crippen LogP contribution < -0.4 is 15.4 Å². The first kappa shape index (κ1) is 26.2. The lowest BCUT2D eigenvalue weighted by atomic mass is 9.51. The van der Waals surface area contributed by atoms with E-state index in [0.29, 0.717) is 12.1 Å². The van der Waals surface area contributed by atoms with Gasteiger partial charge in [-0.2, -0.15) is 0 Å². The summed E-state index contributed by atoms with van der Waals surface area (Å²) in [6.07, 6.45) is 3.10. The molecule has 0 bridgehead atoms. The van der Waals surface area contributed by atoms with E-state index in [0.717, 1.165) is 37.0 Å². The van der Waals surface area contributed by atoms with Crippen molar-refractivity contribution in [3.05, 3.63) is 65.7 Å². The predicted molar refractivity (Wildman–Crippen MR) is 140 cm³/mol. The van der Waals surface area contributed by atoms with Crippen LogP contribution >= 0.6 is 0 Å². The Hall–Kier alpha value is -2.86. The lowest BCUT2D eigenvalue weighted by molar-refractivity contribution is -0.142. The minimum Gasteiger partial charge on any atom is -0.497 e. The predicted octanol–water partition coefficient (Wildman–Crippen LogP) is 4.57. The summed E-state index contributed by atoms with van der Waals surface area (Å²) >= 11 is 0. The molecule has 2 aliphatic carbocycles. The third kappa shape index (κ3) is 5.44. The monoisotopic (exact) mass is 492 g/mol. The van der Waals surface area contributed by atoms with Gasteiger partial charge in [-0.15, -0.1) is 0 Å². The van der Waals surface area contributed by atoms with Crippen molar-refractivity contribution >= 4 is 11.8 Å². The second kappa shape index (κ2) is 11.0. The Morgan fingerprint density at radius 3 is 2.42 bits per heavy atom. The van der Waals surface area contributed by atoms with Crippen LogP contribution in [0.25, 0.3) is 0 Å². The van der Waals surface area contributed by atoms with E-state index in [2.05, 4.69) is 24.5 Å². The standard InChI is InChI=1S/C30H40N2O4/c1-19(28(34)31-18-21-10-12-23(36-4)13-11-21)24-14-16-30(3)17-15-25(20(2)26(30)27(24)33)32-29(35)22-8-6-5-7-9-22/h5-13,19-20,24-27,33H,14-18H2,1-4H3,(H,31,34)(H,32,35). The van der Waals surface area contributed by atoms with Gasteiger partial charge in [0.25, 0.3) is 5.91 Å². The molecule has 7 atom stereocenters. The van der Waals surface area contributed by atoms with Gasteiger partial charge in [-0.25, -0.2) is 0 Å². The maximum Gasteiger partial charge on any atom is 0.251 e. The van der Waals surface area contributed by atoms with Crippen molar-refractivity contribution in [1.82, 2.24) is 10.6 Å². The number of amides is 2. The number of aliphatic hydroxyl groups is 1. The SMILES string of the molecule is COc1ccc(CNC(=O)C(C)C2CCC3(C)CCC(NC(=O)c4ccccc4)C(C)C3C2O)cc1. The Morgan fingerprint density at radius 2 is 1.75 bits per heavy atom. The zero-order valence-corrected chi connectivity index (χ0v) is 21.9. The first-order chi connectivity index (χ1) is 17.2. The summed E-state index contributed by atoms with van der Waals surface area (Å²) in [6, 6.07) is 16.9. The number of fused-ring (bicyclic) bond motifs is 1. The summed E-state index contributed by atoms with van der Waals surface area (Å²) in [6.45, 7) is 6.80. The van der Waals surface area contributed by atoms with Gasteiger partial charge in [0.1, 0.15) is 5.75 Å². The second-order valence-corrected chi connectivity index (χ2v) is 11.1. The molecule has 2 aromatic carbocycles. The fraction of sp³-hybridized carbons (Fsp3) is 0.533. The Balaban J connectivity index is 1.40. The van der Waals surface area contributed by atoms with Crippen LogP contribution in [0, 0.1) is 29.1 Å². The molecule has 2 aromatic rings. The molecule has 0 spiro atoms. The van der Waals surface area contributed by atoms with Crippen molar-refractivity contribution in [3.63, 3.8) is 0 Å². The summed E-state index contributed by atoms with van der Waals surface area (Å²) in [5, 5.41) is 17.9. The summed E-state index contributed by atoms with van der Waals surface area (Å²) in [5.74, 6) is 0.428. The fourth-order valence-corrected chi connectivity index (χ4v) is 6.63. The summed E-state index contributed by atoms with van der Waals surface area (Å²) in [5.41, 5.74) is 1.68. The Kier molecular flexibility index (Phi) is 8.04. The molecule has 0 aliphatic heterocycles. The van der Waals surface area contributed by atoms with E-state index in [-0.39, 0.29) is 46.9 Å². The van der Waals surface area contributed by atoms with Crippen molar-refractivity contribution in [2.75, 3.05) is 7.11 Å². The maximum atomic E-state index is 13.1. The summed E-state index contributed by atoms with van der Waals surface area (Å²) in [7, 11) is 1.63. The molecule has 0 aromatic heterocycles. The lowest BCUT2D eigenvalue weighted by Crippen LogP contribution is -2.58. The Labute approximate surface area is 214 Å². The van der Waals surface area contributed by atoms with Crippen molar-refractivity contribution < 1.29 is 19.4 Å². The molecule has 2 aliphatic rings. The molecule has 3 N–H and O–H groups in total. The first-order valence-electron chi connectivity index (χ1n) is 13.2. The highest BCUT2D eigenvalue weighted by atomic mass is 16.5. The van der Waals surface area contributed by atoms with Gasteiger partial charge < -0.3 is 20.5 Å². The highest BCUT2D eigenvalue weighted by molar-refractivity contribution is 5.94. The minimum atomic E-state index is -0.586. The van der Waals surface area contributed by atoms with Crippen molar-refractivity contribution in [3.8, 4) is 5.75 Å². The number of carbonyl (C=O) groups excluding carboxylic acids is 2. The molecule has 0 radical (unpaired) electrons. The first-order valence-corrected chi connectivity index (χ1v) is 13.2. The highest BCUT2D eigenvalue weighted by Crippen LogP contribution is 2.55. The number of hydrogen-bond donors (Lipinski definition) is 3. The van der Waals surface area contributed by atoms with E-state index >= 15 is 0 Å². The van der Waals surface area contributed by atoms with Gasteiger partial charge in [-0.3, -0.25) is 9.59 Å². The molecule has 2 amide bonds. The molecule has 2 saturated carbocycles. The quantitative estimate of drug-likeness (QED) is 0.528. The van der Waals surface area contributed by atoms with Gasteiger partial charge in [0.15, 0.2) is 0 Å². The minimum absolute atomic E-state index is 0.00314. The average Bonchev–Trinajstić information content (AvgIpc) is 2.89. The smallest absolute Gasteiger partial charge is 0.251 e. The largest absolute Gasteiger partial charge is 0.497 e. The number of nitrogens with one attached hydrogen (secondary N) is 2. The third-order valence-electron chi connectivity index (χ3n) is 8.92. The molecule has 6 heteroatoms. The van der Waals surface area contributed by atoms with Gasteiger partial charge in [-0.1, -0.05) is 51.1 Å². The molecule has 0 heterocycles. The van der Waals surface area contributed by atoms with Crippen LogP contribution in [0.15, 0.2) is 54.6 Å². The summed E-state index contributed by atoms with van der Waals surface area (Å²) in [4.78, 5) is 25.9. The van der Waals surface area contributed by atoms with E-state index < -0.39 is 6.10 Å². The number of aliphatic hydroxyl groups excluding tert-OH is 1. The number of ether oxygens (including phenoxy) is 1. The van der Waals surface area contributed by atoms with Gasteiger partial charge in [-0.05, 0) is 78.7 Å². The summed E-state index contributed by atoms with van der Waals surface area (Å²) < 4.78 is 5.20. The fourth-order valence-electron chi connectivity index (χ4n) is 6.63. The van der Waals surface area contributed by atoms with Crippen LogP contribution in [0.3, 0.4) is 0 Å². The number of benzene rings is 2. The molecule has 194 valence electrons. The Bertz CT molecular complexity index is 1040. The molecular formula is C30H40N2O4. The highest BCUT2D eigenvalue weighted by Gasteiger charge is 2.53. The molecule has 4 rings (SSSR count). The number of hydrogen-bond acceptors (Lipinski definition) is 4. The third-order valence-corrected chi connectivity index (χ3v) is 8.92. The van der Waals surface area contributed by atoms with E-state index in [1.807, 2.05) is 61.5 Å². The molecule has 2 fully saturated rings. The van der Waals surface area contributed by atoms with Crippen molar-refractivity contribution in [2.24, 2.45) is 29.1 Å². The second-order valence-electron chi connectivity index (χ2n) is 11.1. The lowest BCUT2D eigenvalue weighted by Gasteiger charge is -2.56. The van der Waals surface area contributed by atoms with Crippen molar-refractivity contribution in [1.29, 1.82) is 0 Å². The molecule has 36 heavy (non-hydrogen) atoms. The van der Waals surface area contributed by atoms with E-state index in [1.54, 1.807) is 7.11 Å². The molecule has 0 saturated heterocycles. The van der Waals surface area contributed by atoms with Crippen LogP contribution in [0.5, 0.6) is 5.75 Å². The Morgan fingerprint density at radius 1 is 1.08 bits per heavy atom. The average molecular weight is 493 g/mol. The van der Waals surface area contributed by atoms with E-state index in [9.17, 15) is 14.7 Å². The molecule has 7 unspecified atom stereocenters. The van der Waals surface area contributed by atoms with Gasteiger partial charge in [0.2, 0.25) is 5.91 Å². The topological polar surface area (TPSA) is 87.7 Å². The zero-order chi connectivity index (χ0) is 25.9. The van der Waals surface area contributed by atoms with Gasteiger partial charge >= 0.3 is 0 Å². The van der Waals surface area contributed by atoms with Crippen LogP contribution in [0.4, 0.5) is 0 Å². The van der Waals surface area contributed by atoms with Crippen molar-refractivity contribution in [2.45, 2.75) is 65.1 Å². The number of carbonyl (C=O) groups is 2. The maximum absolute atomic E-state index is 13.1. The van der Waals surface area contributed by atoms with Gasteiger partial charge in [0.05, 0.1) is 13.2 Å². The van der Waals surface area contributed by atoms with E-state index in [1.165, 1.54) is 0 Å². The van der Waals surface area contributed by atoms with E-state index in [4.69, 9.17) is 4.74 Å². The van der Waals surface area contributed by atoms with Crippen LogP contribution in [0.1, 0.15) is 62.4 Å². The van der Waals surface area contributed by atoms with Crippen LogP contribution in [-0.2, 0) is 11.3 Å². The number of rotatable bonds is 7. The van der Waals surface area contributed by atoms with Crippen LogP contribution in [-0.4, -0.2) is 36.2 Å². The normalized spacial score (nSPS) is 30.5. The zero-order valence-electron chi connectivity index (χ0n) is 21.9. The molecule has 6 nitrogen and oxygen atoms in total. The molecular weight excluding hydrogens is 452 g/mol.